The highest BCUT2D eigenvalue weighted by Crippen LogP contribution is 2.40. The van der Waals surface area contributed by atoms with E-state index in [2.05, 4.69) is 4.72 Å². The van der Waals surface area contributed by atoms with Crippen molar-refractivity contribution >= 4 is 27.5 Å². The molecule has 4 rings (SSSR count). The van der Waals surface area contributed by atoms with Crippen molar-refractivity contribution in [3.8, 4) is 0 Å². The van der Waals surface area contributed by atoms with E-state index in [0.29, 0.717) is 53.1 Å². The van der Waals surface area contributed by atoms with Gasteiger partial charge in [0.25, 0.3) is 10.0 Å². The second kappa shape index (κ2) is 9.61. The number of hydrogen-bond acceptors (Lipinski definition) is 4. The Morgan fingerprint density at radius 2 is 1.71 bits per heavy atom. The minimum absolute atomic E-state index is 0.0960. The van der Waals surface area contributed by atoms with Crippen molar-refractivity contribution in [3.63, 3.8) is 0 Å². The summed E-state index contributed by atoms with van der Waals surface area (Å²) in [5.41, 5.74) is 1.81. The monoisotopic (exact) mass is 548 g/mol. The second-order valence-electron chi connectivity index (χ2n) is 10.3. The van der Waals surface area contributed by atoms with Gasteiger partial charge in [-0.25, -0.2) is 8.42 Å². The van der Waals surface area contributed by atoms with Crippen molar-refractivity contribution in [2.24, 2.45) is 5.41 Å². The van der Waals surface area contributed by atoms with Crippen LogP contribution in [-0.4, -0.2) is 29.8 Å². The van der Waals surface area contributed by atoms with Crippen LogP contribution in [0.1, 0.15) is 58.7 Å². The summed E-state index contributed by atoms with van der Waals surface area (Å²) in [6.07, 6.45) is -3.63. The van der Waals surface area contributed by atoms with Crippen LogP contribution in [0, 0.1) is 12.3 Å². The number of alkyl halides is 3. The van der Waals surface area contributed by atoms with Crippen LogP contribution in [0.3, 0.4) is 0 Å². The third kappa shape index (κ3) is 5.47. The molecule has 7 nitrogen and oxygen atoms in total. The minimum atomic E-state index is -4.59. The van der Waals surface area contributed by atoms with Gasteiger partial charge in [-0.05, 0) is 60.2 Å². The molecule has 0 saturated heterocycles. The van der Waals surface area contributed by atoms with Gasteiger partial charge in [-0.15, -0.1) is 0 Å². The number of carboxylic acids is 1. The highest BCUT2D eigenvalue weighted by molar-refractivity contribution is 7.92. The van der Waals surface area contributed by atoms with Crippen LogP contribution in [0.25, 0.3) is 0 Å². The fourth-order valence-electron chi connectivity index (χ4n) is 4.96. The Morgan fingerprint density at radius 1 is 1.08 bits per heavy atom. The molecule has 3 aromatic rings. The van der Waals surface area contributed by atoms with Crippen molar-refractivity contribution in [1.29, 1.82) is 0 Å². The first-order valence-electron chi connectivity index (χ1n) is 11.8. The van der Waals surface area contributed by atoms with Gasteiger partial charge in [-0.2, -0.15) is 13.2 Å². The second-order valence-corrected chi connectivity index (χ2v) is 12.0. The van der Waals surface area contributed by atoms with Gasteiger partial charge >= 0.3 is 12.1 Å². The van der Waals surface area contributed by atoms with Gasteiger partial charge in [0.15, 0.2) is 5.78 Å². The summed E-state index contributed by atoms with van der Waals surface area (Å²) >= 11 is 0. The minimum Gasteiger partial charge on any atom is -0.480 e. The zero-order chi connectivity index (χ0) is 28.0. The Bertz CT molecular complexity index is 1520. The molecule has 0 fully saturated rings. The van der Waals surface area contributed by atoms with Crippen molar-refractivity contribution < 1.29 is 36.3 Å². The molecule has 2 N–H and O–H groups in total. The predicted molar refractivity (Wildman–Crippen MR) is 135 cm³/mol. The van der Waals surface area contributed by atoms with Crippen LogP contribution in [0.2, 0.25) is 0 Å². The zero-order valence-electron chi connectivity index (χ0n) is 21.0. The molecule has 1 heterocycles. The van der Waals surface area contributed by atoms with Crippen LogP contribution in [0.15, 0.2) is 53.4 Å². The van der Waals surface area contributed by atoms with Crippen molar-refractivity contribution in [3.05, 3.63) is 82.2 Å². The number of ketones is 1. The predicted octanol–water partition coefficient (Wildman–Crippen LogP) is 5.45. The quantitative estimate of drug-likeness (QED) is 0.409. The summed E-state index contributed by atoms with van der Waals surface area (Å²) in [6.45, 7) is 5.34. The smallest absolute Gasteiger partial charge is 0.416 e. The standard InChI is InChI=1S/C27H27F3N2O5S/c1-16-20(25-22(32(16)15-24(34)35)13-26(2,3)14-23(25)33)12-17-6-4-5-7-21(17)31-38(36,37)19-10-8-18(9-11-19)27(28,29)30/h4-11,31H,12-15H2,1-3H3,(H,34,35). The van der Waals surface area contributed by atoms with E-state index in [1.807, 2.05) is 13.8 Å². The Labute approximate surface area is 218 Å². The normalized spacial score (nSPS) is 15.3. The molecule has 0 unspecified atom stereocenters. The van der Waals surface area contributed by atoms with Crippen molar-refractivity contribution in [2.45, 2.75) is 57.7 Å². The van der Waals surface area contributed by atoms with E-state index in [-0.39, 0.29) is 34.7 Å². The molecular formula is C27H27F3N2O5S. The topological polar surface area (TPSA) is 105 Å². The molecule has 0 bridgehead atoms. The van der Waals surface area contributed by atoms with Gasteiger partial charge < -0.3 is 9.67 Å². The maximum atomic E-state index is 13.2. The number of carbonyl (C=O) groups is 2. The molecule has 2 aromatic carbocycles. The van der Waals surface area contributed by atoms with Gasteiger partial charge in [0.2, 0.25) is 0 Å². The Balaban J connectivity index is 1.72. The summed E-state index contributed by atoms with van der Waals surface area (Å²) in [5.74, 6) is -1.14. The summed E-state index contributed by atoms with van der Waals surface area (Å²) in [7, 11) is -4.22. The van der Waals surface area contributed by atoms with Crippen molar-refractivity contribution in [2.75, 3.05) is 4.72 Å². The summed E-state index contributed by atoms with van der Waals surface area (Å²) < 4.78 is 68.8. The highest BCUT2D eigenvalue weighted by atomic mass is 32.2. The van der Waals surface area contributed by atoms with Crippen LogP contribution in [0.5, 0.6) is 0 Å². The molecule has 0 spiro atoms. The van der Waals surface area contributed by atoms with Gasteiger partial charge in [-0.3, -0.25) is 14.3 Å². The average Bonchev–Trinajstić information content (AvgIpc) is 3.04. The lowest BCUT2D eigenvalue weighted by molar-refractivity contribution is -0.138. The third-order valence-electron chi connectivity index (χ3n) is 6.74. The number of aromatic nitrogens is 1. The number of benzene rings is 2. The lowest BCUT2D eigenvalue weighted by Gasteiger charge is -2.30. The number of anilines is 1. The van der Waals surface area contributed by atoms with E-state index in [4.69, 9.17) is 0 Å². The number of nitrogens with zero attached hydrogens (tertiary/aromatic N) is 1. The Hall–Kier alpha value is -3.60. The molecule has 1 aliphatic carbocycles. The van der Waals surface area contributed by atoms with Gasteiger partial charge in [0.1, 0.15) is 6.54 Å². The Kier molecular flexibility index (Phi) is 6.94. The van der Waals surface area contributed by atoms with E-state index in [9.17, 15) is 36.3 Å². The number of rotatable bonds is 7. The highest BCUT2D eigenvalue weighted by Gasteiger charge is 2.37. The Morgan fingerprint density at radius 3 is 2.32 bits per heavy atom. The lowest BCUT2D eigenvalue weighted by Crippen LogP contribution is -2.29. The van der Waals surface area contributed by atoms with E-state index >= 15 is 0 Å². The number of hydrogen-bond donors (Lipinski definition) is 2. The zero-order valence-corrected chi connectivity index (χ0v) is 21.8. The fourth-order valence-corrected chi connectivity index (χ4v) is 6.06. The van der Waals surface area contributed by atoms with E-state index < -0.39 is 27.7 Å². The maximum Gasteiger partial charge on any atom is 0.416 e. The first-order valence-corrected chi connectivity index (χ1v) is 13.3. The average molecular weight is 549 g/mol. The first kappa shape index (κ1) is 27.4. The first-order chi connectivity index (χ1) is 17.6. The third-order valence-corrected chi connectivity index (χ3v) is 8.12. The molecule has 1 aromatic heterocycles. The lowest BCUT2D eigenvalue weighted by atomic mass is 9.75. The van der Waals surface area contributed by atoms with Crippen LogP contribution < -0.4 is 4.72 Å². The molecular weight excluding hydrogens is 521 g/mol. The number of nitrogens with one attached hydrogen (secondary N) is 1. The molecule has 11 heteroatoms. The molecule has 0 aliphatic heterocycles. The van der Waals surface area contributed by atoms with E-state index in [1.165, 1.54) is 6.07 Å². The number of carboxylic acid groups (broad SMARTS) is 1. The maximum absolute atomic E-state index is 13.2. The van der Waals surface area contributed by atoms with Gasteiger partial charge in [0, 0.05) is 29.8 Å². The number of aliphatic carboxylic acids is 1. The summed E-state index contributed by atoms with van der Waals surface area (Å²) in [4.78, 5) is 24.5. The number of fused-ring (bicyclic) bond motifs is 1. The van der Waals surface area contributed by atoms with E-state index in [1.54, 1.807) is 29.7 Å². The van der Waals surface area contributed by atoms with E-state index in [0.717, 1.165) is 12.1 Å². The SMILES string of the molecule is Cc1c(Cc2ccccc2NS(=O)(=O)c2ccc(C(F)(F)F)cc2)c2c(n1CC(=O)O)CC(C)(C)CC2=O. The molecule has 202 valence electrons. The molecule has 0 amide bonds. The molecule has 38 heavy (non-hydrogen) atoms. The number of Topliss-reactive ketones (excluding diaryl/α,β-unsaturated/α-hetero) is 1. The number of para-hydroxylation sites is 1. The van der Waals surface area contributed by atoms with Crippen LogP contribution in [-0.2, 0) is 40.4 Å². The van der Waals surface area contributed by atoms with Crippen LogP contribution >= 0.6 is 0 Å². The number of sulfonamides is 1. The fraction of sp³-hybridized carbons (Fsp3) is 0.333. The summed E-state index contributed by atoms with van der Waals surface area (Å²) in [5, 5.41) is 9.48. The molecule has 0 saturated carbocycles. The molecule has 0 radical (unpaired) electrons. The largest absolute Gasteiger partial charge is 0.480 e. The van der Waals surface area contributed by atoms with Crippen molar-refractivity contribution in [1.82, 2.24) is 4.57 Å². The number of carbonyl (C=O) groups excluding carboxylic acids is 1. The number of halogens is 3. The summed E-state index contributed by atoms with van der Waals surface area (Å²) in [6, 6.07) is 9.70. The molecule has 1 aliphatic rings. The van der Waals surface area contributed by atoms with Gasteiger partial charge in [0.05, 0.1) is 16.1 Å². The van der Waals surface area contributed by atoms with Crippen LogP contribution in [0.4, 0.5) is 18.9 Å². The molecule has 0 atom stereocenters. The van der Waals surface area contributed by atoms with Gasteiger partial charge in [-0.1, -0.05) is 32.0 Å².